The molecule has 19 heavy (non-hydrogen) atoms. The van der Waals surface area contributed by atoms with Crippen LogP contribution in [0.4, 0.5) is 0 Å². The highest BCUT2D eigenvalue weighted by atomic mass is 35.5. The van der Waals surface area contributed by atoms with Gasteiger partial charge in [0.1, 0.15) is 11.3 Å². The molecule has 0 aromatic carbocycles. The fourth-order valence-electron chi connectivity index (χ4n) is 2.32. The Labute approximate surface area is 118 Å². The average Bonchev–Trinajstić information content (AvgIpc) is 2.84. The standard InChI is InChI=1S/C14H20ClN3O/c1-5-14(3,6-2)18-11(9-15)16-10-7-8-12(19-4)17-13(10)18/h7-8H,5-6,9H2,1-4H3. The third-order valence-corrected chi connectivity index (χ3v) is 4.18. The van der Waals surface area contributed by atoms with Crippen LogP contribution in [0.1, 0.15) is 39.4 Å². The van der Waals surface area contributed by atoms with Crippen molar-refractivity contribution < 1.29 is 4.74 Å². The van der Waals surface area contributed by atoms with Crippen LogP contribution in [0.15, 0.2) is 12.1 Å². The molecule has 0 saturated heterocycles. The topological polar surface area (TPSA) is 39.9 Å². The van der Waals surface area contributed by atoms with Crippen molar-refractivity contribution in [3.8, 4) is 5.88 Å². The van der Waals surface area contributed by atoms with Crippen molar-refractivity contribution in [1.29, 1.82) is 0 Å². The van der Waals surface area contributed by atoms with Gasteiger partial charge in [-0.3, -0.25) is 0 Å². The summed E-state index contributed by atoms with van der Waals surface area (Å²) in [6.45, 7) is 6.56. The van der Waals surface area contributed by atoms with E-state index < -0.39 is 0 Å². The molecule has 0 N–H and O–H groups in total. The lowest BCUT2D eigenvalue weighted by Crippen LogP contribution is -2.30. The van der Waals surface area contributed by atoms with Crippen LogP contribution < -0.4 is 4.74 Å². The Bertz CT molecular complexity index is 575. The van der Waals surface area contributed by atoms with Crippen molar-refractivity contribution in [2.24, 2.45) is 0 Å². The number of rotatable bonds is 5. The molecular formula is C14H20ClN3O. The van der Waals surface area contributed by atoms with Crippen LogP contribution in [-0.4, -0.2) is 21.6 Å². The second-order valence-electron chi connectivity index (χ2n) is 4.90. The molecule has 0 spiro atoms. The van der Waals surface area contributed by atoms with Gasteiger partial charge in [-0.2, -0.15) is 4.98 Å². The van der Waals surface area contributed by atoms with E-state index in [1.807, 2.05) is 12.1 Å². The van der Waals surface area contributed by atoms with Crippen molar-refractivity contribution in [2.75, 3.05) is 7.11 Å². The number of alkyl halides is 1. The molecule has 2 aromatic heterocycles. The monoisotopic (exact) mass is 281 g/mol. The lowest BCUT2D eigenvalue weighted by Gasteiger charge is -2.30. The van der Waals surface area contributed by atoms with E-state index >= 15 is 0 Å². The molecule has 0 aliphatic carbocycles. The summed E-state index contributed by atoms with van der Waals surface area (Å²) in [5.74, 6) is 1.85. The van der Waals surface area contributed by atoms with Crippen LogP contribution in [0.5, 0.6) is 5.88 Å². The Hall–Kier alpha value is -1.29. The van der Waals surface area contributed by atoms with Crippen molar-refractivity contribution in [1.82, 2.24) is 14.5 Å². The van der Waals surface area contributed by atoms with Crippen LogP contribution in [0.2, 0.25) is 0 Å². The summed E-state index contributed by atoms with van der Waals surface area (Å²) in [7, 11) is 1.62. The normalized spacial score (nSPS) is 12.1. The summed E-state index contributed by atoms with van der Waals surface area (Å²) in [6.07, 6.45) is 2.00. The van der Waals surface area contributed by atoms with Gasteiger partial charge in [-0.15, -0.1) is 11.6 Å². The third-order valence-electron chi connectivity index (χ3n) is 3.94. The maximum Gasteiger partial charge on any atom is 0.215 e. The van der Waals surface area contributed by atoms with E-state index in [2.05, 4.69) is 35.3 Å². The van der Waals surface area contributed by atoms with Crippen LogP contribution in [-0.2, 0) is 11.4 Å². The maximum atomic E-state index is 6.05. The zero-order valence-corrected chi connectivity index (χ0v) is 12.7. The minimum absolute atomic E-state index is 0.0294. The van der Waals surface area contributed by atoms with Crippen LogP contribution in [0.25, 0.3) is 11.2 Å². The average molecular weight is 282 g/mol. The minimum atomic E-state index is -0.0294. The van der Waals surface area contributed by atoms with Crippen molar-refractivity contribution in [3.05, 3.63) is 18.0 Å². The highest BCUT2D eigenvalue weighted by molar-refractivity contribution is 6.16. The van der Waals surface area contributed by atoms with Gasteiger partial charge in [0.05, 0.1) is 13.0 Å². The molecule has 2 heterocycles. The first-order chi connectivity index (χ1) is 9.09. The summed E-state index contributed by atoms with van der Waals surface area (Å²) in [6, 6.07) is 3.76. The Balaban J connectivity index is 2.74. The van der Waals surface area contributed by atoms with Gasteiger partial charge in [-0.1, -0.05) is 13.8 Å². The Morgan fingerprint density at radius 3 is 2.47 bits per heavy atom. The third kappa shape index (κ3) is 2.29. The van der Waals surface area contributed by atoms with Crippen LogP contribution in [0.3, 0.4) is 0 Å². The smallest absolute Gasteiger partial charge is 0.215 e. The molecule has 104 valence electrons. The number of methoxy groups -OCH3 is 1. The van der Waals surface area contributed by atoms with Crippen molar-refractivity contribution in [2.45, 2.75) is 45.0 Å². The fraction of sp³-hybridized carbons (Fsp3) is 0.571. The maximum absolute atomic E-state index is 6.05. The lowest BCUT2D eigenvalue weighted by atomic mass is 9.95. The molecule has 2 aromatic rings. The van der Waals surface area contributed by atoms with E-state index in [9.17, 15) is 0 Å². The van der Waals surface area contributed by atoms with E-state index in [1.54, 1.807) is 7.11 Å². The summed E-state index contributed by atoms with van der Waals surface area (Å²) < 4.78 is 7.38. The van der Waals surface area contributed by atoms with E-state index in [4.69, 9.17) is 16.3 Å². The summed E-state index contributed by atoms with van der Waals surface area (Å²) in [5.41, 5.74) is 1.68. The predicted octanol–water partition coefficient (Wildman–Crippen LogP) is 3.71. The van der Waals surface area contributed by atoms with Gasteiger partial charge >= 0.3 is 0 Å². The second kappa shape index (κ2) is 5.37. The Morgan fingerprint density at radius 1 is 1.26 bits per heavy atom. The number of imidazole rings is 1. The molecule has 0 amide bonds. The summed E-state index contributed by atoms with van der Waals surface area (Å²) in [5, 5.41) is 0. The van der Waals surface area contributed by atoms with E-state index in [0.717, 1.165) is 29.8 Å². The summed E-state index contributed by atoms with van der Waals surface area (Å²) in [4.78, 5) is 9.13. The molecule has 0 unspecified atom stereocenters. The number of aromatic nitrogens is 3. The molecule has 0 radical (unpaired) electrons. The first-order valence-electron chi connectivity index (χ1n) is 6.58. The number of fused-ring (bicyclic) bond motifs is 1. The SMILES string of the molecule is CCC(C)(CC)n1c(CCl)nc2ccc(OC)nc21. The molecule has 0 fully saturated rings. The Kier molecular flexibility index (Phi) is 3.99. The molecule has 2 rings (SSSR count). The van der Waals surface area contributed by atoms with Gasteiger partial charge in [-0.05, 0) is 25.8 Å². The predicted molar refractivity (Wildman–Crippen MR) is 77.9 cm³/mol. The number of halogens is 1. The van der Waals surface area contributed by atoms with Gasteiger partial charge in [0.25, 0.3) is 0 Å². The molecular weight excluding hydrogens is 262 g/mol. The van der Waals surface area contributed by atoms with Crippen molar-refractivity contribution in [3.63, 3.8) is 0 Å². The first-order valence-corrected chi connectivity index (χ1v) is 7.11. The molecule has 0 saturated carbocycles. The first kappa shape index (κ1) is 14.1. The highest BCUT2D eigenvalue weighted by Gasteiger charge is 2.28. The minimum Gasteiger partial charge on any atom is -0.481 e. The van der Waals surface area contributed by atoms with E-state index in [0.29, 0.717) is 11.8 Å². The zero-order valence-electron chi connectivity index (χ0n) is 11.9. The quantitative estimate of drug-likeness (QED) is 0.784. The van der Waals surface area contributed by atoms with E-state index in [-0.39, 0.29) is 5.54 Å². The second-order valence-corrected chi connectivity index (χ2v) is 5.16. The van der Waals surface area contributed by atoms with E-state index in [1.165, 1.54) is 0 Å². The van der Waals surface area contributed by atoms with Gasteiger partial charge in [-0.25, -0.2) is 4.98 Å². The molecule has 5 heteroatoms. The lowest BCUT2D eigenvalue weighted by molar-refractivity contribution is 0.294. The van der Waals surface area contributed by atoms with Gasteiger partial charge in [0.2, 0.25) is 5.88 Å². The molecule has 0 bridgehead atoms. The molecule has 0 atom stereocenters. The number of pyridine rings is 1. The van der Waals surface area contributed by atoms with Crippen molar-refractivity contribution >= 4 is 22.8 Å². The fourth-order valence-corrected chi connectivity index (χ4v) is 2.50. The van der Waals surface area contributed by atoms with Crippen LogP contribution >= 0.6 is 11.6 Å². The number of hydrogen-bond donors (Lipinski definition) is 0. The highest BCUT2D eigenvalue weighted by Crippen LogP contribution is 2.31. The molecule has 4 nitrogen and oxygen atoms in total. The zero-order chi connectivity index (χ0) is 14.0. The van der Waals surface area contributed by atoms with Gasteiger partial charge in [0.15, 0.2) is 5.65 Å². The van der Waals surface area contributed by atoms with Gasteiger partial charge < -0.3 is 9.30 Å². The number of nitrogens with zero attached hydrogens (tertiary/aromatic N) is 3. The summed E-state index contributed by atoms with van der Waals surface area (Å²) >= 11 is 6.05. The van der Waals surface area contributed by atoms with Gasteiger partial charge in [0, 0.05) is 11.6 Å². The molecule has 0 aliphatic rings. The number of ether oxygens (including phenoxy) is 1. The molecule has 0 aliphatic heterocycles. The van der Waals surface area contributed by atoms with Crippen LogP contribution in [0, 0.1) is 0 Å². The Morgan fingerprint density at radius 2 is 1.95 bits per heavy atom. The largest absolute Gasteiger partial charge is 0.481 e. The number of hydrogen-bond acceptors (Lipinski definition) is 3.